The standard InChI is InChI=1S/C14H22N2O3S/c1-9(2)12-7-11(14(17)18)8-13(16-12)15-10(3)5-6-20(4)19/h7-10H,5-6H2,1-4H3,(H,15,16)(H,17,18). The zero-order valence-electron chi connectivity index (χ0n) is 12.3. The maximum absolute atomic E-state index is 11.1. The van der Waals surface area contributed by atoms with Crippen LogP contribution >= 0.6 is 0 Å². The second-order valence-electron chi connectivity index (χ2n) is 5.24. The molecular formula is C14H22N2O3S. The molecule has 0 aromatic carbocycles. The van der Waals surface area contributed by atoms with E-state index >= 15 is 0 Å². The van der Waals surface area contributed by atoms with E-state index in [9.17, 15) is 9.00 Å². The van der Waals surface area contributed by atoms with E-state index in [0.29, 0.717) is 11.6 Å². The molecular weight excluding hydrogens is 276 g/mol. The number of pyridine rings is 1. The lowest BCUT2D eigenvalue weighted by Crippen LogP contribution is -2.19. The molecule has 0 amide bonds. The number of nitrogens with zero attached hydrogens (tertiary/aromatic N) is 1. The topological polar surface area (TPSA) is 79.3 Å². The van der Waals surface area contributed by atoms with Crippen molar-refractivity contribution in [2.24, 2.45) is 0 Å². The van der Waals surface area contributed by atoms with Gasteiger partial charge in [-0.25, -0.2) is 9.78 Å². The molecule has 0 saturated heterocycles. The molecule has 5 nitrogen and oxygen atoms in total. The second-order valence-corrected chi connectivity index (χ2v) is 6.79. The molecule has 2 N–H and O–H groups in total. The Morgan fingerprint density at radius 2 is 2.05 bits per heavy atom. The first-order chi connectivity index (χ1) is 9.29. The lowest BCUT2D eigenvalue weighted by Gasteiger charge is -2.16. The maximum Gasteiger partial charge on any atom is 0.335 e. The summed E-state index contributed by atoms with van der Waals surface area (Å²) in [5.74, 6) is 0.375. The molecule has 2 atom stereocenters. The fourth-order valence-electron chi connectivity index (χ4n) is 1.71. The Labute approximate surface area is 122 Å². The monoisotopic (exact) mass is 298 g/mol. The van der Waals surface area contributed by atoms with Gasteiger partial charge in [-0.1, -0.05) is 13.8 Å². The zero-order valence-corrected chi connectivity index (χ0v) is 13.2. The smallest absolute Gasteiger partial charge is 0.335 e. The first-order valence-electron chi connectivity index (χ1n) is 6.61. The average molecular weight is 298 g/mol. The van der Waals surface area contributed by atoms with Crippen LogP contribution < -0.4 is 5.32 Å². The summed E-state index contributed by atoms with van der Waals surface area (Å²) in [4.78, 5) is 15.6. The minimum atomic E-state index is -0.959. The van der Waals surface area contributed by atoms with Gasteiger partial charge in [0.15, 0.2) is 0 Å². The summed E-state index contributed by atoms with van der Waals surface area (Å²) in [5.41, 5.74) is 0.983. The summed E-state index contributed by atoms with van der Waals surface area (Å²) >= 11 is 0. The summed E-state index contributed by atoms with van der Waals surface area (Å²) in [6, 6.07) is 3.23. The number of carboxylic acids is 1. The largest absolute Gasteiger partial charge is 0.478 e. The van der Waals surface area contributed by atoms with Gasteiger partial charge in [0, 0.05) is 34.5 Å². The van der Waals surface area contributed by atoms with Gasteiger partial charge in [0.1, 0.15) is 5.82 Å². The zero-order chi connectivity index (χ0) is 15.3. The number of rotatable bonds is 7. The molecule has 1 heterocycles. The van der Waals surface area contributed by atoms with E-state index in [0.717, 1.165) is 12.1 Å². The highest BCUT2D eigenvalue weighted by atomic mass is 32.2. The minimum Gasteiger partial charge on any atom is -0.478 e. The van der Waals surface area contributed by atoms with Crippen molar-refractivity contribution in [1.29, 1.82) is 0 Å². The number of anilines is 1. The van der Waals surface area contributed by atoms with Crippen molar-refractivity contribution >= 4 is 22.6 Å². The first kappa shape index (κ1) is 16.6. The van der Waals surface area contributed by atoms with Crippen molar-refractivity contribution in [3.63, 3.8) is 0 Å². The van der Waals surface area contributed by atoms with Crippen LogP contribution in [0, 0.1) is 0 Å². The van der Waals surface area contributed by atoms with Crippen molar-refractivity contribution in [3.8, 4) is 0 Å². The van der Waals surface area contributed by atoms with E-state index in [1.54, 1.807) is 12.3 Å². The highest BCUT2D eigenvalue weighted by Gasteiger charge is 2.12. The molecule has 0 saturated carbocycles. The van der Waals surface area contributed by atoms with Crippen LogP contribution in [0.2, 0.25) is 0 Å². The SMILES string of the molecule is CC(CCS(C)=O)Nc1cc(C(=O)O)cc(C(C)C)n1. The van der Waals surface area contributed by atoms with Gasteiger partial charge in [-0.2, -0.15) is 0 Å². The van der Waals surface area contributed by atoms with Crippen molar-refractivity contribution in [3.05, 3.63) is 23.4 Å². The van der Waals surface area contributed by atoms with Gasteiger partial charge in [0.25, 0.3) is 0 Å². The molecule has 6 heteroatoms. The summed E-state index contributed by atoms with van der Waals surface area (Å²) < 4.78 is 11.1. The minimum absolute atomic E-state index is 0.0930. The van der Waals surface area contributed by atoms with E-state index in [1.165, 1.54) is 6.07 Å². The van der Waals surface area contributed by atoms with Crippen molar-refractivity contribution < 1.29 is 14.1 Å². The molecule has 2 unspecified atom stereocenters. The fraction of sp³-hybridized carbons (Fsp3) is 0.571. The van der Waals surface area contributed by atoms with Gasteiger partial charge < -0.3 is 10.4 Å². The van der Waals surface area contributed by atoms with Gasteiger partial charge in [0.2, 0.25) is 0 Å². The number of hydrogen-bond donors (Lipinski definition) is 2. The van der Waals surface area contributed by atoms with Crippen LogP contribution in [0.15, 0.2) is 12.1 Å². The Morgan fingerprint density at radius 1 is 1.40 bits per heavy atom. The number of carboxylic acid groups (broad SMARTS) is 1. The lowest BCUT2D eigenvalue weighted by atomic mass is 10.1. The fourth-order valence-corrected chi connectivity index (χ4v) is 2.40. The van der Waals surface area contributed by atoms with Crippen molar-refractivity contribution in [2.75, 3.05) is 17.3 Å². The second kappa shape index (κ2) is 7.38. The summed E-state index contributed by atoms with van der Waals surface area (Å²) in [7, 11) is -0.822. The van der Waals surface area contributed by atoms with Crippen LogP contribution in [0.4, 0.5) is 5.82 Å². The number of aromatic nitrogens is 1. The molecule has 0 radical (unpaired) electrons. The normalized spacial score (nSPS) is 14.1. The van der Waals surface area contributed by atoms with Crippen LogP contribution in [0.5, 0.6) is 0 Å². The Balaban J connectivity index is 2.88. The first-order valence-corrected chi connectivity index (χ1v) is 8.34. The van der Waals surface area contributed by atoms with Gasteiger partial charge in [-0.05, 0) is 31.4 Å². The van der Waals surface area contributed by atoms with Crippen LogP contribution in [-0.4, -0.2) is 38.3 Å². The third kappa shape index (κ3) is 5.28. The molecule has 1 rings (SSSR count). The number of nitrogens with one attached hydrogen (secondary N) is 1. The van der Waals surface area contributed by atoms with Crippen molar-refractivity contribution in [2.45, 2.75) is 39.2 Å². The van der Waals surface area contributed by atoms with E-state index in [2.05, 4.69) is 10.3 Å². The van der Waals surface area contributed by atoms with Crippen molar-refractivity contribution in [1.82, 2.24) is 4.98 Å². The molecule has 112 valence electrons. The Morgan fingerprint density at radius 3 is 2.55 bits per heavy atom. The van der Waals surface area contributed by atoms with E-state index in [4.69, 9.17) is 5.11 Å². The quantitative estimate of drug-likeness (QED) is 0.808. The molecule has 1 aromatic heterocycles. The maximum atomic E-state index is 11.1. The molecule has 20 heavy (non-hydrogen) atoms. The third-order valence-corrected chi connectivity index (χ3v) is 3.73. The molecule has 0 aliphatic heterocycles. The number of hydrogen-bond acceptors (Lipinski definition) is 4. The molecule has 0 aliphatic rings. The van der Waals surface area contributed by atoms with Gasteiger partial charge in [0.05, 0.1) is 5.56 Å². The van der Waals surface area contributed by atoms with Crippen LogP contribution in [0.1, 0.15) is 49.2 Å². The number of carbonyl (C=O) groups is 1. The summed E-state index contributed by atoms with van der Waals surface area (Å²) in [5, 5.41) is 12.3. The highest BCUT2D eigenvalue weighted by molar-refractivity contribution is 7.84. The number of aromatic carboxylic acids is 1. The predicted octanol–water partition coefficient (Wildman–Crippen LogP) is 2.47. The Kier molecular flexibility index (Phi) is 6.13. The average Bonchev–Trinajstić information content (AvgIpc) is 2.35. The third-order valence-electron chi connectivity index (χ3n) is 2.92. The lowest BCUT2D eigenvalue weighted by molar-refractivity contribution is 0.0696. The van der Waals surface area contributed by atoms with Gasteiger partial charge in [-0.15, -0.1) is 0 Å². The van der Waals surface area contributed by atoms with E-state index in [1.807, 2.05) is 20.8 Å². The van der Waals surface area contributed by atoms with Crippen LogP contribution in [0.25, 0.3) is 0 Å². The molecule has 1 aromatic rings. The molecule has 0 spiro atoms. The predicted molar refractivity (Wildman–Crippen MR) is 81.9 cm³/mol. The Hall–Kier alpha value is -1.43. The molecule has 0 fully saturated rings. The highest BCUT2D eigenvalue weighted by Crippen LogP contribution is 2.18. The summed E-state index contributed by atoms with van der Waals surface area (Å²) in [6.07, 6.45) is 2.42. The van der Waals surface area contributed by atoms with Crippen LogP contribution in [-0.2, 0) is 10.8 Å². The van der Waals surface area contributed by atoms with Crippen LogP contribution in [0.3, 0.4) is 0 Å². The van der Waals surface area contributed by atoms with Gasteiger partial charge in [-0.3, -0.25) is 4.21 Å². The Bertz CT molecular complexity index is 503. The summed E-state index contributed by atoms with van der Waals surface area (Å²) in [6.45, 7) is 5.92. The molecule has 0 aliphatic carbocycles. The molecule has 0 bridgehead atoms. The van der Waals surface area contributed by atoms with Gasteiger partial charge >= 0.3 is 5.97 Å². The van der Waals surface area contributed by atoms with E-state index in [-0.39, 0.29) is 17.5 Å². The van der Waals surface area contributed by atoms with E-state index < -0.39 is 16.8 Å².